The van der Waals surface area contributed by atoms with Gasteiger partial charge in [-0.25, -0.2) is 4.79 Å². The number of carbonyl (C=O) groups excluding carboxylic acids is 1. The molecule has 2 aromatic carbocycles. The largest absolute Gasteiger partial charge is 0.448 e. The summed E-state index contributed by atoms with van der Waals surface area (Å²) in [6, 6.07) is 21.3. The van der Waals surface area contributed by atoms with Crippen molar-refractivity contribution in [1.29, 1.82) is 0 Å². The first-order chi connectivity index (χ1) is 14.5. The second-order valence-electron chi connectivity index (χ2n) is 8.61. The number of ether oxygens (including phenoxy) is 1. The number of nitrogens with zero attached hydrogens (tertiary/aromatic N) is 2. The van der Waals surface area contributed by atoms with E-state index in [-0.39, 0.29) is 18.2 Å². The van der Waals surface area contributed by atoms with E-state index in [2.05, 4.69) is 83.6 Å². The van der Waals surface area contributed by atoms with Gasteiger partial charge in [-0.1, -0.05) is 74.5 Å². The Morgan fingerprint density at radius 1 is 0.967 bits per heavy atom. The van der Waals surface area contributed by atoms with Crippen LogP contribution < -0.4 is 5.32 Å². The quantitative estimate of drug-likeness (QED) is 0.712. The zero-order valence-corrected chi connectivity index (χ0v) is 18.5. The minimum absolute atomic E-state index is 0.0962. The fourth-order valence-corrected chi connectivity index (χ4v) is 3.69. The van der Waals surface area contributed by atoms with Gasteiger partial charge in [-0.3, -0.25) is 9.80 Å². The summed E-state index contributed by atoms with van der Waals surface area (Å²) in [5.74, 6) is 0.378. The average molecular weight is 410 g/mol. The fraction of sp³-hybridized carbons (Fsp3) is 0.480. The standard InChI is InChI=1S/C25H35N3O2/c1-20(2)21(3)26-25(29)30-19-24-18-27(16-22-10-6-4-7-11-22)14-15-28(24)17-23-12-8-5-9-13-23/h4-13,20-21,24H,14-19H2,1-3H3,(H,26,29). The second-order valence-corrected chi connectivity index (χ2v) is 8.61. The molecule has 0 saturated carbocycles. The number of hydrogen-bond acceptors (Lipinski definition) is 4. The van der Waals surface area contributed by atoms with Crippen LogP contribution in [0, 0.1) is 5.92 Å². The van der Waals surface area contributed by atoms with E-state index in [4.69, 9.17) is 4.74 Å². The average Bonchev–Trinajstić information content (AvgIpc) is 2.75. The maximum atomic E-state index is 12.3. The molecule has 2 unspecified atom stereocenters. The van der Waals surface area contributed by atoms with Gasteiger partial charge < -0.3 is 10.1 Å². The molecule has 3 rings (SSSR count). The molecule has 1 amide bonds. The topological polar surface area (TPSA) is 44.8 Å². The van der Waals surface area contributed by atoms with Crippen LogP contribution in [0.2, 0.25) is 0 Å². The van der Waals surface area contributed by atoms with Crippen LogP contribution in [0.4, 0.5) is 4.79 Å². The van der Waals surface area contributed by atoms with Crippen LogP contribution in [0.3, 0.4) is 0 Å². The molecule has 5 heteroatoms. The van der Waals surface area contributed by atoms with Crippen LogP contribution in [0.15, 0.2) is 60.7 Å². The summed E-state index contributed by atoms with van der Waals surface area (Å²) < 4.78 is 5.65. The van der Waals surface area contributed by atoms with Crippen LogP contribution in [0.1, 0.15) is 31.9 Å². The molecule has 1 aliphatic rings. The Labute approximate surface area is 181 Å². The van der Waals surface area contributed by atoms with Gasteiger partial charge in [-0.2, -0.15) is 0 Å². The van der Waals surface area contributed by atoms with Crippen molar-refractivity contribution in [2.75, 3.05) is 26.2 Å². The number of amides is 1. The van der Waals surface area contributed by atoms with Crippen molar-refractivity contribution in [2.24, 2.45) is 5.92 Å². The Hall–Kier alpha value is -2.37. The first-order valence-electron chi connectivity index (χ1n) is 11.0. The summed E-state index contributed by atoms with van der Waals surface area (Å²) in [6.45, 7) is 11.2. The van der Waals surface area contributed by atoms with Crippen molar-refractivity contribution < 1.29 is 9.53 Å². The highest BCUT2D eigenvalue weighted by atomic mass is 16.5. The Morgan fingerprint density at radius 3 is 2.17 bits per heavy atom. The van der Waals surface area contributed by atoms with Gasteiger partial charge in [0, 0.05) is 38.8 Å². The van der Waals surface area contributed by atoms with Gasteiger partial charge in [0.05, 0.1) is 6.04 Å². The predicted molar refractivity (Wildman–Crippen MR) is 121 cm³/mol. The summed E-state index contributed by atoms with van der Waals surface area (Å²) in [6.07, 6.45) is -0.323. The summed E-state index contributed by atoms with van der Waals surface area (Å²) in [5.41, 5.74) is 2.61. The van der Waals surface area contributed by atoms with E-state index in [0.717, 1.165) is 32.7 Å². The number of piperazine rings is 1. The van der Waals surface area contributed by atoms with Crippen LogP contribution in [0.5, 0.6) is 0 Å². The highest BCUT2D eigenvalue weighted by molar-refractivity contribution is 5.67. The van der Waals surface area contributed by atoms with E-state index in [1.54, 1.807) is 0 Å². The zero-order valence-electron chi connectivity index (χ0n) is 18.5. The SMILES string of the molecule is CC(C)C(C)NC(=O)OCC1CN(Cc2ccccc2)CCN1Cc1ccccc1. The van der Waals surface area contributed by atoms with Crippen molar-refractivity contribution in [2.45, 2.75) is 45.9 Å². The minimum atomic E-state index is -0.323. The number of carbonyl (C=O) groups is 1. The molecule has 1 heterocycles. The molecular weight excluding hydrogens is 374 g/mol. The van der Waals surface area contributed by atoms with Gasteiger partial charge in [-0.05, 0) is 24.0 Å². The van der Waals surface area contributed by atoms with E-state index >= 15 is 0 Å². The molecule has 0 spiro atoms. The Kier molecular flexibility index (Phi) is 8.29. The summed E-state index contributed by atoms with van der Waals surface area (Å²) in [4.78, 5) is 17.2. The summed E-state index contributed by atoms with van der Waals surface area (Å²) in [7, 11) is 0. The molecule has 0 bridgehead atoms. The van der Waals surface area contributed by atoms with Crippen molar-refractivity contribution in [3.63, 3.8) is 0 Å². The molecule has 1 fully saturated rings. The lowest BCUT2D eigenvalue weighted by atomic mass is 10.1. The lowest BCUT2D eigenvalue weighted by Crippen LogP contribution is -2.54. The molecule has 1 aliphatic heterocycles. The summed E-state index contributed by atoms with van der Waals surface area (Å²) in [5, 5.41) is 2.94. The van der Waals surface area contributed by atoms with Gasteiger partial charge in [0.15, 0.2) is 0 Å². The molecule has 5 nitrogen and oxygen atoms in total. The predicted octanol–water partition coefficient (Wildman–Crippen LogP) is 4.14. The third kappa shape index (κ3) is 6.85. The van der Waals surface area contributed by atoms with E-state index in [9.17, 15) is 4.79 Å². The first kappa shape index (κ1) is 22.3. The number of benzene rings is 2. The monoisotopic (exact) mass is 409 g/mol. The van der Waals surface area contributed by atoms with E-state index < -0.39 is 0 Å². The van der Waals surface area contributed by atoms with Crippen LogP contribution in [-0.4, -0.2) is 54.2 Å². The maximum Gasteiger partial charge on any atom is 0.407 e. The van der Waals surface area contributed by atoms with E-state index in [1.165, 1.54) is 11.1 Å². The van der Waals surface area contributed by atoms with Gasteiger partial charge in [0.25, 0.3) is 0 Å². The van der Waals surface area contributed by atoms with Gasteiger partial charge in [0.1, 0.15) is 6.61 Å². The Morgan fingerprint density at radius 2 is 1.57 bits per heavy atom. The normalized spacial score (nSPS) is 18.9. The zero-order chi connectivity index (χ0) is 21.3. The number of rotatable bonds is 8. The van der Waals surface area contributed by atoms with Crippen LogP contribution >= 0.6 is 0 Å². The van der Waals surface area contributed by atoms with Crippen molar-refractivity contribution in [1.82, 2.24) is 15.1 Å². The van der Waals surface area contributed by atoms with Crippen molar-refractivity contribution in [3.8, 4) is 0 Å². The Bertz CT molecular complexity index is 766. The second kappa shape index (κ2) is 11.1. The minimum Gasteiger partial charge on any atom is -0.448 e. The lowest BCUT2D eigenvalue weighted by Gasteiger charge is -2.41. The number of hydrogen-bond donors (Lipinski definition) is 1. The van der Waals surface area contributed by atoms with Crippen LogP contribution in [0.25, 0.3) is 0 Å². The highest BCUT2D eigenvalue weighted by Gasteiger charge is 2.28. The molecule has 2 atom stereocenters. The van der Waals surface area contributed by atoms with Crippen molar-refractivity contribution in [3.05, 3.63) is 71.8 Å². The smallest absolute Gasteiger partial charge is 0.407 e. The van der Waals surface area contributed by atoms with Crippen molar-refractivity contribution >= 4 is 6.09 Å². The lowest BCUT2D eigenvalue weighted by molar-refractivity contribution is 0.0225. The number of nitrogens with one attached hydrogen (secondary N) is 1. The fourth-order valence-electron chi connectivity index (χ4n) is 3.69. The molecule has 1 N–H and O–H groups in total. The van der Waals surface area contributed by atoms with E-state index in [1.807, 2.05) is 13.0 Å². The van der Waals surface area contributed by atoms with Gasteiger partial charge in [-0.15, -0.1) is 0 Å². The molecule has 162 valence electrons. The molecule has 0 aliphatic carbocycles. The molecule has 0 aromatic heterocycles. The van der Waals surface area contributed by atoms with Crippen LogP contribution in [-0.2, 0) is 17.8 Å². The third-order valence-electron chi connectivity index (χ3n) is 5.92. The maximum absolute atomic E-state index is 12.3. The van der Waals surface area contributed by atoms with Gasteiger partial charge >= 0.3 is 6.09 Å². The molecule has 2 aromatic rings. The molecule has 30 heavy (non-hydrogen) atoms. The first-order valence-corrected chi connectivity index (χ1v) is 11.0. The highest BCUT2D eigenvalue weighted by Crippen LogP contribution is 2.17. The molecular formula is C25H35N3O2. The van der Waals surface area contributed by atoms with E-state index in [0.29, 0.717) is 12.5 Å². The molecule has 1 saturated heterocycles. The third-order valence-corrected chi connectivity index (χ3v) is 5.92. The molecule has 0 radical (unpaired) electrons. The number of alkyl carbamates (subject to hydrolysis) is 1. The Balaban J connectivity index is 1.61. The van der Waals surface area contributed by atoms with Gasteiger partial charge in [0.2, 0.25) is 0 Å². The summed E-state index contributed by atoms with van der Waals surface area (Å²) >= 11 is 0.